The minimum absolute atomic E-state index is 0.0806. The first-order chi connectivity index (χ1) is 8.38. The Morgan fingerprint density at radius 2 is 2.06 bits per heavy atom. The van der Waals surface area contributed by atoms with Gasteiger partial charge in [0.2, 0.25) is 0 Å². The van der Waals surface area contributed by atoms with Crippen molar-refractivity contribution in [3.8, 4) is 0 Å². The first-order valence-corrected chi connectivity index (χ1v) is 7.37. The first-order valence-electron chi connectivity index (χ1n) is 6.57. The molecule has 1 aromatic rings. The van der Waals surface area contributed by atoms with Gasteiger partial charge >= 0.3 is 0 Å². The molecule has 0 aromatic heterocycles. The quantitative estimate of drug-likeness (QED) is 0.868. The summed E-state index contributed by atoms with van der Waals surface area (Å²) in [7, 11) is 0. The van der Waals surface area contributed by atoms with Gasteiger partial charge in [-0.1, -0.05) is 12.1 Å². The number of hydrogen-bond donors (Lipinski definition) is 1. The lowest BCUT2D eigenvalue weighted by atomic mass is 9.69. The van der Waals surface area contributed by atoms with E-state index in [0.29, 0.717) is 16.3 Å². The molecule has 1 aliphatic carbocycles. The Morgan fingerprint density at radius 3 is 2.61 bits per heavy atom. The molecule has 2 unspecified atom stereocenters. The third kappa shape index (κ3) is 3.12. The summed E-state index contributed by atoms with van der Waals surface area (Å²) < 4.78 is 14.6. The lowest BCUT2D eigenvalue weighted by Crippen LogP contribution is -2.43. The van der Waals surface area contributed by atoms with E-state index in [1.165, 1.54) is 6.42 Å². The first kappa shape index (κ1) is 14.0. The molecule has 1 aromatic carbocycles. The van der Waals surface area contributed by atoms with Crippen molar-refractivity contribution in [3.05, 3.63) is 34.1 Å². The molecule has 0 aliphatic heterocycles. The summed E-state index contributed by atoms with van der Waals surface area (Å²) in [5, 5.41) is 3.52. The van der Waals surface area contributed by atoms with Gasteiger partial charge in [0.1, 0.15) is 5.82 Å². The van der Waals surface area contributed by atoms with Crippen LogP contribution in [0.1, 0.15) is 45.1 Å². The Morgan fingerprint density at radius 1 is 1.33 bits per heavy atom. The van der Waals surface area contributed by atoms with E-state index in [2.05, 4.69) is 42.0 Å². The molecule has 0 radical (unpaired) electrons. The van der Waals surface area contributed by atoms with Crippen LogP contribution in [0.4, 0.5) is 4.39 Å². The number of hydrogen-bond acceptors (Lipinski definition) is 1. The van der Waals surface area contributed by atoms with Gasteiger partial charge in [-0.05, 0) is 79.6 Å². The fraction of sp³-hybridized carbons (Fsp3) is 0.600. The van der Waals surface area contributed by atoms with Gasteiger partial charge in [-0.25, -0.2) is 4.39 Å². The fourth-order valence-electron chi connectivity index (χ4n) is 2.47. The molecule has 2 atom stereocenters. The molecule has 100 valence electrons. The van der Waals surface area contributed by atoms with Gasteiger partial charge < -0.3 is 5.32 Å². The second-order valence-corrected chi connectivity index (χ2v) is 7.07. The third-order valence-electron chi connectivity index (χ3n) is 3.69. The van der Waals surface area contributed by atoms with Gasteiger partial charge in [-0.15, -0.1) is 0 Å². The van der Waals surface area contributed by atoms with Gasteiger partial charge in [0, 0.05) is 5.54 Å². The van der Waals surface area contributed by atoms with Crippen LogP contribution in [-0.2, 0) is 0 Å². The van der Waals surface area contributed by atoms with Crippen molar-refractivity contribution >= 4 is 15.9 Å². The molecule has 18 heavy (non-hydrogen) atoms. The van der Waals surface area contributed by atoms with Crippen LogP contribution in [0.5, 0.6) is 0 Å². The van der Waals surface area contributed by atoms with Gasteiger partial charge in [0.15, 0.2) is 0 Å². The third-order valence-corrected chi connectivity index (χ3v) is 4.31. The molecular formula is C15H21BrFN. The highest BCUT2D eigenvalue weighted by atomic mass is 79.9. The molecule has 0 bridgehead atoms. The molecule has 0 saturated heterocycles. The minimum atomic E-state index is -0.0806. The highest BCUT2D eigenvalue weighted by molar-refractivity contribution is 9.10. The van der Waals surface area contributed by atoms with Gasteiger partial charge in [0.25, 0.3) is 0 Å². The van der Waals surface area contributed by atoms with E-state index in [4.69, 9.17) is 0 Å². The van der Waals surface area contributed by atoms with Crippen LogP contribution in [-0.4, -0.2) is 12.1 Å². The average Bonchev–Trinajstić information content (AvgIpc) is 2.21. The predicted molar refractivity (Wildman–Crippen MR) is 77.3 cm³/mol. The normalized spacial score (nSPS) is 23.8. The summed E-state index contributed by atoms with van der Waals surface area (Å²) in [5.74, 6) is 0.855. The smallest absolute Gasteiger partial charge is 0.140 e. The molecule has 1 saturated carbocycles. The number of benzene rings is 1. The van der Waals surface area contributed by atoms with Crippen molar-refractivity contribution in [2.24, 2.45) is 5.92 Å². The Hall–Kier alpha value is -0.410. The Bertz CT molecular complexity index is 425. The van der Waals surface area contributed by atoms with Crippen LogP contribution in [0, 0.1) is 11.7 Å². The maximum Gasteiger partial charge on any atom is 0.140 e. The van der Waals surface area contributed by atoms with Crippen molar-refractivity contribution in [2.45, 2.75) is 45.1 Å². The van der Waals surface area contributed by atoms with Crippen molar-refractivity contribution in [1.82, 2.24) is 5.32 Å². The summed E-state index contributed by atoms with van der Waals surface area (Å²) in [5.41, 5.74) is 1.01. The molecule has 0 spiro atoms. The van der Waals surface area contributed by atoms with Gasteiger partial charge in [-0.2, -0.15) is 0 Å². The van der Waals surface area contributed by atoms with Crippen molar-refractivity contribution in [1.29, 1.82) is 0 Å². The standard InChI is InChI=1S/C15H21BrFN/c1-15(2,3)18-9-10-7-8-11(10)12-5-4-6-13(16)14(12)17/h4-6,10-11,18H,7-9H2,1-3H3. The van der Waals surface area contributed by atoms with E-state index in [1.807, 2.05) is 12.1 Å². The van der Waals surface area contributed by atoms with Gasteiger partial charge in [-0.3, -0.25) is 0 Å². The Kier molecular flexibility index (Phi) is 4.12. The summed E-state index contributed by atoms with van der Waals surface area (Å²) in [6, 6.07) is 5.61. The number of nitrogens with one attached hydrogen (secondary N) is 1. The van der Waals surface area contributed by atoms with Crippen LogP contribution >= 0.6 is 15.9 Å². The second-order valence-electron chi connectivity index (χ2n) is 6.22. The Balaban J connectivity index is 2.04. The molecule has 2 rings (SSSR count). The summed E-state index contributed by atoms with van der Waals surface area (Å²) in [6.45, 7) is 7.47. The molecule has 3 heteroatoms. The van der Waals surface area contributed by atoms with Crippen LogP contribution in [0.2, 0.25) is 0 Å². The summed E-state index contributed by atoms with van der Waals surface area (Å²) in [6.07, 6.45) is 2.30. The fourth-order valence-corrected chi connectivity index (χ4v) is 2.85. The zero-order valence-corrected chi connectivity index (χ0v) is 12.8. The van der Waals surface area contributed by atoms with E-state index in [0.717, 1.165) is 18.5 Å². The molecule has 0 amide bonds. The average molecular weight is 314 g/mol. The van der Waals surface area contributed by atoms with Gasteiger partial charge in [0.05, 0.1) is 4.47 Å². The van der Waals surface area contributed by atoms with E-state index in [1.54, 1.807) is 6.07 Å². The van der Waals surface area contributed by atoms with Crippen molar-refractivity contribution < 1.29 is 4.39 Å². The topological polar surface area (TPSA) is 12.0 Å². The lowest BCUT2D eigenvalue weighted by molar-refractivity contribution is 0.221. The predicted octanol–water partition coefficient (Wildman–Crippen LogP) is 4.47. The summed E-state index contributed by atoms with van der Waals surface area (Å²) in [4.78, 5) is 0. The zero-order valence-electron chi connectivity index (χ0n) is 11.3. The number of halogens is 2. The van der Waals surface area contributed by atoms with Crippen molar-refractivity contribution in [2.75, 3.05) is 6.54 Å². The molecule has 1 fully saturated rings. The molecule has 1 aliphatic rings. The van der Waals surface area contributed by atoms with E-state index in [9.17, 15) is 4.39 Å². The molecule has 1 N–H and O–H groups in total. The van der Waals surface area contributed by atoms with E-state index in [-0.39, 0.29) is 11.4 Å². The van der Waals surface area contributed by atoms with E-state index < -0.39 is 0 Å². The molecular weight excluding hydrogens is 293 g/mol. The van der Waals surface area contributed by atoms with E-state index >= 15 is 0 Å². The van der Waals surface area contributed by atoms with Crippen LogP contribution in [0.25, 0.3) is 0 Å². The van der Waals surface area contributed by atoms with Crippen LogP contribution in [0.15, 0.2) is 22.7 Å². The highest BCUT2D eigenvalue weighted by Crippen LogP contribution is 2.44. The largest absolute Gasteiger partial charge is 0.312 e. The lowest BCUT2D eigenvalue weighted by Gasteiger charge is -2.39. The minimum Gasteiger partial charge on any atom is -0.312 e. The monoisotopic (exact) mass is 313 g/mol. The SMILES string of the molecule is CC(C)(C)NCC1CCC1c1cccc(Br)c1F. The molecule has 1 nitrogen and oxygen atoms in total. The van der Waals surface area contributed by atoms with Crippen molar-refractivity contribution in [3.63, 3.8) is 0 Å². The summed E-state index contributed by atoms with van der Waals surface area (Å²) >= 11 is 3.27. The Labute approximate surface area is 117 Å². The highest BCUT2D eigenvalue weighted by Gasteiger charge is 2.34. The van der Waals surface area contributed by atoms with Crippen LogP contribution in [0.3, 0.4) is 0 Å². The maximum absolute atomic E-state index is 14.1. The zero-order chi connectivity index (χ0) is 13.3. The van der Waals surface area contributed by atoms with Crippen LogP contribution < -0.4 is 5.32 Å². The maximum atomic E-state index is 14.1. The molecule has 0 heterocycles. The number of rotatable bonds is 3. The second kappa shape index (κ2) is 5.30.